The molecule has 2 aromatic carbocycles. The van der Waals surface area contributed by atoms with Crippen molar-refractivity contribution in [3.63, 3.8) is 0 Å². The average molecular weight is 593 g/mol. The zero-order valence-corrected chi connectivity index (χ0v) is 23.2. The van der Waals surface area contributed by atoms with Crippen LogP contribution in [-0.2, 0) is 21.2 Å². The maximum Gasteiger partial charge on any atom is 0.289 e. The predicted octanol–water partition coefficient (Wildman–Crippen LogP) is 4.32. The van der Waals surface area contributed by atoms with Gasteiger partial charge in [-0.25, -0.2) is 12.8 Å². The Morgan fingerprint density at radius 1 is 1.10 bits per heavy atom. The van der Waals surface area contributed by atoms with E-state index >= 15 is 0 Å². The standard InChI is InChI=1S/C26H26ClFN4O5S2/c27-22-5-4-20(17-23(22)32(34)35)39(36,37)31-13-11-29(12-14-31)25(33)7-10-30-9-6-24-21(8-15-38-24)26(30)18-2-1-3-19(28)16-18/h1-5,8,15-17,26H,6-7,9-14H2/t26-/m0/s1. The van der Waals surface area contributed by atoms with E-state index in [1.54, 1.807) is 28.4 Å². The molecule has 13 heteroatoms. The summed E-state index contributed by atoms with van der Waals surface area (Å²) in [6, 6.07) is 11.9. The molecule has 3 aromatic rings. The van der Waals surface area contributed by atoms with Gasteiger partial charge >= 0.3 is 0 Å². The van der Waals surface area contributed by atoms with Crippen molar-refractivity contribution < 1.29 is 22.5 Å². The highest BCUT2D eigenvalue weighted by molar-refractivity contribution is 7.89. The SMILES string of the molecule is O=C(CCN1CCc2sccc2[C@@H]1c1cccc(F)c1)N1CCN(S(=O)(=O)c2ccc(Cl)c([N+](=O)[O-])c2)CC1. The Kier molecular flexibility index (Phi) is 8.01. The van der Waals surface area contributed by atoms with Crippen LogP contribution in [0, 0.1) is 15.9 Å². The van der Waals surface area contributed by atoms with Gasteiger partial charge in [-0.3, -0.25) is 19.8 Å². The second-order valence-corrected chi connectivity index (χ2v) is 12.8. The summed E-state index contributed by atoms with van der Waals surface area (Å²) >= 11 is 7.51. The van der Waals surface area contributed by atoms with Gasteiger partial charge in [0.15, 0.2) is 0 Å². The zero-order chi connectivity index (χ0) is 27.7. The van der Waals surface area contributed by atoms with Gasteiger partial charge < -0.3 is 4.90 Å². The number of benzene rings is 2. The Morgan fingerprint density at radius 2 is 1.87 bits per heavy atom. The molecule has 1 atom stereocenters. The average Bonchev–Trinajstić information content (AvgIpc) is 3.40. The minimum absolute atomic E-state index is 0.0803. The number of halogens is 2. The van der Waals surface area contributed by atoms with E-state index in [1.807, 2.05) is 11.4 Å². The lowest BCUT2D eigenvalue weighted by Gasteiger charge is -2.37. The topological polar surface area (TPSA) is 104 Å². The van der Waals surface area contributed by atoms with Gasteiger partial charge in [0.2, 0.25) is 15.9 Å². The van der Waals surface area contributed by atoms with Crippen LogP contribution in [-0.4, -0.2) is 72.6 Å². The largest absolute Gasteiger partial charge is 0.340 e. The number of amides is 1. The van der Waals surface area contributed by atoms with E-state index in [1.165, 1.54) is 27.4 Å². The van der Waals surface area contributed by atoms with Gasteiger partial charge in [-0.05, 0) is 53.3 Å². The first-order valence-corrected chi connectivity index (χ1v) is 15.1. The van der Waals surface area contributed by atoms with Crippen LogP contribution in [0.3, 0.4) is 0 Å². The van der Waals surface area contributed by atoms with Crippen molar-refractivity contribution in [2.75, 3.05) is 39.3 Å². The molecule has 5 rings (SSSR count). The number of carbonyl (C=O) groups is 1. The third-order valence-corrected chi connectivity index (χ3v) is 10.4. The summed E-state index contributed by atoms with van der Waals surface area (Å²) < 4.78 is 41.4. The summed E-state index contributed by atoms with van der Waals surface area (Å²) in [7, 11) is -3.98. The maximum atomic E-state index is 14.0. The second kappa shape index (κ2) is 11.3. The molecule has 39 heavy (non-hydrogen) atoms. The zero-order valence-electron chi connectivity index (χ0n) is 20.8. The van der Waals surface area contributed by atoms with E-state index in [2.05, 4.69) is 11.0 Å². The van der Waals surface area contributed by atoms with Crippen molar-refractivity contribution in [2.45, 2.75) is 23.8 Å². The quantitative estimate of drug-likeness (QED) is 0.299. The molecule has 0 spiro atoms. The molecule has 0 radical (unpaired) electrons. The molecule has 0 unspecified atom stereocenters. The van der Waals surface area contributed by atoms with E-state index in [4.69, 9.17) is 11.6 Å². The Morgan fingerprint density at radius 3 is 2.59 bits per heavy atom. The van der Waals surface area contributed by atoms with Crippen LogP contribution in [0.4, 0.5) is 10.1 Å². The fraction of sp³-hybridized carbons (Fsp3) is 0.346. The van der Waals surface area contributed by atoms with Crippen LogP contribution in [0.25, 0.3) is 0 Å². The number of sulfonamides is 1. The number of nitro groups is 1. The molecule has 1 saturated heterocycles. The predicted molar refractivity (Wildman–Crippen MR) is 146 cm³/mol. The molecule has 0 bridgehead atoms. The molecule has 2 aliphatic heterocycles. The van der Waals surface area contributed by atoms with Gasteiger partial charge in [-0.2, -0.15) is 4.31 Å². The summed E-state index contributed by atoms with van der Waals surface area (Å²) in [4.78, 5) is 28.5. The monoisotopic (exact) mass is 592 g/mol. The van der Waals surface area contributed by atoms with E-state index < -0.39 is 20.6 Å². The van der Waals surface area contributed by atoms with Crippen LogP contribution in [0.5, 0.6) is 0 Å². The number of piperazine rings is 1. The second-order valence-electron chi connectivity index (χ2n) is 9.45. The number of nitro benzene ring substituents is 1. The molecule has 1 amide bonds. The van der Waals surface area contributed by atoms with Crippen molar-refractivity contribution >= 4 is 44.6 Å². The molecular formula is C26H26ClFN4O5S2. The molecular weight excluding hydrogens is 567 g/mol. The Bertz CT molecular complexity index is 1510. The summed E-state index contributed by atoms with van der Waals surface area (Å²) in [5.41, 5.74) is 1.52. The summed E-state index contributed by atoms with van der Waals surface area (Å²) in [5, 5.41) is 13.1. The van der Waals surface area contributed by atoms with Crippen molar-refractivity contribution in [3.8, 4) is 0 Å². The highest BCUT2D eigenvalue weighted by Gasteiger charge is 2.33. The summed E-state index contributed by atoms with van der Waals surface area (Å²) in [6.07, 6.45) is 1.12. The highest BCUT2D eigenvalue weighted by Crippen LogP contribution is 2.38. The maximum absolute atomic E-state index is 14.0. The van der Waals surface area contributed by atoms with E-state index in [-0.39, 0.29) is 60.3 Å². The van der Waals surface area contributed by atoms with Crippen LogP contribution in [0.2, 0.25) is 5.02 Å². The van der Waals surface area contributed by atoms with E-state index in [0.717, 1.165) is 30.2 Å². The van der Waals surface area contributed by atoms with Crippen molar-refractivity contribution in [3.05, 3.63) is 90.9 Å². The molecule has 0 N–H and O–H groups in total. The molecule has 3 heterocycles. The minimum Gasteiger partial charge on any atom is -0.340 e. The van der Waals surface area contributed by atoms with Crippen LogP contribution in [0.1, 0.15) is 28.5 Å². The van der Waals surface area contributed by atoms with Crippen LogP contribution in [0.15, 0.2) is 58.8 Å². The van der Waals surface area contributed by atoms with Gasteiger partial charge in [0.25, 0.3) is 5.69 Å². The molecule has 0 saturated carbocycles. The molecule has 1 aromatic heterocycles. The van der Waals surface area contributed by atoms with Gasteiger partial charge in [0, 0.05) is 56.6 Å². The third-order valence-electron chi connectivity index (χ3n) is 7.19. The van der Waals surface area contributed by atoms with Gasteiger partial charge in [-0.15, -0.1) is 11.3 Å². The minimum atomic E-state index is -3.98. The van der Waals surface area contributed by atoms with E-state index in [0.29, 0.717) is 6.54 Å². The van der Waals surface area contributed by atoms with Gasteiger partial charge in [-0.1, -0.05) is 23.7 Å². The lowest BCUT2D eigenvalue weighted by Crippen LogP contribution is -2.51. The van der Waals surface area contributed by atoms with E-state index in [9.17, 15) is 27.7 Å². The number of nitrogens with zero attached hydrogens (tertiary/aromatic N) is 4. The number of rotatable bonds is 7. The summed E-state index contributed by atoms with van der Waals surface area (Å²) in [5.74, 6) is -0.379. The number of hydrogen-bond donors (Lipinski definition) is 0. The van der Waals surface area contributed by atoms with Crippen molar-refractivity contribution in [1.29, 1.82) is 0 Å². The fourth-order valence-corrected chi connectivity index (χ4v) is 7.73. The first-order valence-electron chi connectivity index (χ1n) is 12.4. The van der Waals surface area contributed by atoms with Crippen molar-refractivity contribution in [2.24, 2.45) is 0 Å². The Hall–Kier alpha value is -2.90. The number of thiophene rings is 1. The normalized spacial score (nSPS) is 18.6. The summed E-state index contributed by atoms with van der Waals surface area (Å²) in [6.45, 7) is 1.84. The molecule has 0 aliphatic carbocycles. The first-order chi connectivity index (χ1) is 18.6. The molecule has 2 aliphatic rings. The lowest BCUT2D eigenvalue weighted by molar-refractivity contribution is -0.384. The first kappa shape index (κ1) is 27.7. The van der Waals surface area contributed by atoms with Crippen LogP contribution >= 0.6 is 22.9 Å². The molecule has 1 fully saturated rings. The Labute approximate surface area is 234 Å². The third kappa shape index (κ3) is 5.71. The fourth-order valence-electron chi connectivity index (χ4n) is 5.19. The Balaban J connectivity index is 1.22. The molecule has 206 valence electrons. The van der Waals surface area contributed by atoms with Crippen LogP contribution < -0.4 is 0 Å². The smallest absolute Gasteiger partial charge is 0.289 e. The number of hydrogen-bond acceptors (Lipinski definition) is 7. The number of carbonyl (C=O) groups excluding carboxylic acids is 1. The molecule has 9 nitrogen and oxygen atoms in total. The number of fused-ring (bicyclic) bond motifs is 1. The van der Waals surface area contributed by atoms with Crippen molar-refractivity contribution in [1.82, 2.24) is 14.1 Å². The van der Waals surface area contributed by atoms with Gasteiger partial charge in [0.05, 0.1) is 15.9 Å². The lowest BCUT2D eigenvalue weighted by atomic mass is 9.93. The van der Waals surface area contributed by atoms with Gasteiger partial charge in [0.1, 0.15) is 10.8 Å². The highest BCUT2D eigenvalue weighted by atomic mass is 35.5.